The molecule has 6 nitrogen and oxygen atoms in total. The molecule has 0 aliphatic rings. The molecule has 0 radical (unpaired) electrons. The van der Waals surface area contributed by atoms with Crippen molar-refractivity contribution in [1.82, 2.24) is 4.98 Å². The van der Waals surface area contributed by atoms with E-state index in [1.54, 1.807) is 19.1 Å². The van der Waals surface area contributed by atoms with Gasteiger partial charge in [0.05, 0.1) is 5.02 Å². The van der Waals surface area contributed by atoms with Gasteiger partial charge in [-0.25, -0.2) is 8.42 Å². The molecule has 35 heavy (non-hydrogen) atoms. The number of sulfonamides is 1. The number of aromatic amines is 1. The third-order valence-corrected chi connectivity index (χ3v) is 7.90. The quantitative estimate of drug-likeness (QED) is 0.266. The number of H-pyrrole nitrogens is 1. The number of nitrogens with one attached hydrogen (secondary N) is 2. The third kappa shape index (κ3) is 5.17. The minimum atomic E-state index is -4.07. The predicted molar refractivity (Wildman–Crippen MR) is 141 cm³/mol. The molecule has 4 aromatic rings. The number of aromatic nitrogens is 1. The smallest absolute Gasteiger partial charge is 0.263 e. The van der Waals surface area contributed by atoms with Gasteiger partial charge in [0.25, 0.3) is 10.0 Å². The van der Waals surface area contributed by atoms with E-state index in [-0.39, 0.29) is 21.4 Å². The molecule has 4 rings (SSSR count). The van der Waals surface area contributed by atoms with Crippen LogP contribution in [-0.4, -0.2) is 19.2 Å². The number of halogens is 2. The first kappa shape index (κ1) is 25.1. The largest absolute Gasteiger partial charge is 0.455 e. The van der Waals surface area contributed by atoms with Crippen molar-refractivity contribution in [3.05, 3.63) is 81.0 Å². The summed E-state index contributed by atoms with van der Waals surface area (Å²) in [6.07, 6.45) is 0.342. The minimum absolute atomic E-state index is 0.0115. The average Bonchev–Trinajstić information content (AvgIpc) is 3.15. The Hall–Kier alpha value is -3.00. The maximum absolute atomic E-state index is 13.3. The van der Waals surface area contributed by atoms with Gasteiger partial charge in [-0.05, 0) is 86.8 Å². The van der Waals surface area contributed by atoms with E-state index in [2.05, 4.69) is 9.71 Å². The fraction of sp³-hybridized carbons (Fsp3) is 0.192. The molecule has 9 heteroatoms. The molecule has 0 saturated carbocycles. The van der Waals surface area contributed by atoms with E-state index in [0.29, 0.717) is 28.3 Å². The summed E-state index contributed by atoms with van der Waals surface area (Å²) in [5, 5.41) is 0.994. The van der Waals surface area contributed by atoms with Crippen LogP contribution in [0, 0.1) is 20.8 Å². The summed E-state index contributed by atoms with van der Waals surface area (Å²) in [5.74, 6) is 0.963. The summed E-state index contributed by atoms with van der Waals surface area (Å²) in [6, 6.07) is 13.2. The van der Waals surface area contributed by atoms with Crippen LogP contribution in [0.4, 0.5) is 5.69 Å². The molecule has 0 bridgehead atoms. The number of fused-ring (bicyclic) bond motifs is 1. The number of hydrogen-bond acceptors (Lipinski definition) is 4. The van der Waals surface area contributed by atoms with Gasteiger partial charge in [0.15, 0.2) is 5.75 Å². The molecule has 1 heterocycles. The van der Waals surface area contributed by atoms with E-state index in [1.165, 1.54) is 18.2 Å². The summed E-state index contributed by atoms with van der Waals surface area (Å²) in [4.78, 5) is 14.7. The van der Waals surface area contributed by atoms with Crippen LogP contribution < -0.4 is 9.46 Å². The van der Waals surface area contributed by atoms with E-state index in [9.17, 15) is 13.2 Å². The zero-order valence-electron chi connectivity index (χ0n) is 19.6. The number of hydrogen-bond donors (Lipinski definition) is 2. The zero-order chi connectivity index (χ0) is 25.5. The molecule has 0 unspecified atom stereocenters. The second-order valence-corrected chi connectivity index (χ2v) is 11.0. The second-order valence-electron chi connectivity index (χ2n) is 8.49. The lowest BCUT2D eigenvalue weighted by atomic mass is 9.99. The number of ether oxygens (including phenoxy) is 1. The Morgan fingerprint density at radius 3 is 2.37 bits per heavy atom. The molecule has 0 saturated heterocycles. The van der Waals surface area contributed by atoms with Crippen molar-refractivity contribution in [3.63, 3.8) is 0 Å². The van der Waals surface area contributed by atoms with Gasteiger partial charge in [-0.3, -0.25) is 9.52 Å². The van der Waals surface area contributed by atoms with Crippen molar-refractivity contribution >= 4 is 55.6 Å². The number of benzene rings is 3. The van der Waals surface area contributed by atoms with Gasteiger partial charge in [-0.1, -0.05) is 29.3 Å². The molecule has 1 aromatic heterocycles. The van der Waals surface area contributed by atoms with Crippen LogP contribution in [-0.2, 0) is 21.2 Å². The molecule has 0 fully saturated rings. The Bertz CT molecular complexity index is 1580. The lowest BCUT2D eigenvalue weighted by molar-refractivity contribution is -0.116. The summed E-state index contributed by atoms with van der Waals surface area (Å²) >= 11 is 12.1. The van der Waals surface area contributed by atoms with Crippen LogP contribution in [0.2, 0.25) is 10.0 Å². The summed E-state index contributed by atoms with van der Waals surface area (Å²) in [5.41, 5.74) is 4.64. The molecule has 0 amide bonds. The number of anilines is 1. The maximum atomic E-state index is 13.3. The molecular formula is C26H24Cl2N2O4S. The number of aryl methyl sites for hydroxylation is 1. The molecular weight excluding hydrogens is 507 g/mol. The van der Waals surface area contributed by atoms with Gasteiger partial charge in [-0.15, -0.1) is 0 Å². The second kappa shape index (κ2) is 9.57. The van der Waals surface area contributed by atoms with Gasteiger partial charge < -0.3 is 9.72 Å². The highest BCUT2D eigenvalue weighted by Crippen LogP contribution is 2.40. The summed E-state index contributed by atoms with van der Waals surface area (Å²) < 4.78 is 35.6. The lowest BCUT2D eigenvalue weighted by Gasteiger charge is -2.18. The van der Waals surface area contributed by atoms with Gasteiger partial charge in [-0.2, -0.15) is 0 Å². The molecule has 0 atom stereocenters. The fourth-order valence-electron chi connectivity index (χ4n) is 3.94. The molecule has 3 aromatic carbocycles. The minimum Gasteiger partial charge on any atom is -0.455 e. The van der Waals surface area contributed by atoms with Gasteiger partial charge in [0, 0.05) is 28.0 Å². The highest BCUT2D eigenvalue weighted by atomic mass is 35.5. The van der Waals surface area contributed by atoms with E-state index in [1.807, 2.05) is 39.0 Å². The van der Waals surface area contributed by atoms with Crippen LogP contribution in [0.5, 0.6) is 11.5 Å². The van der Waals surface area contributed by atoms with Crippen molar-refractivity contribution < 1.29 is 17.9 Å². The average molecular weight is 531 g/mol. The normalized spacial score (nSPS) is 11.6. The van der Waals surface area contributed by atoms with Crippen molar-refractivity contribution in [2.24, 2.45) is 0 Å². The number of carbonyl (C=O) groups excluding carboxylic acids is 1. The summed E-state index contributed by atoms with van der Waals surface area (Å²) in [7, 11) is -4.07. The first-order valence-corrected chi connectivity index (χ1v) is 13.1. The predicted octanol–water partition coefficient (Wildman–Crippen LogP) is 7.12. The van der Waals surface area contributed by atoms with Crippen LogP contribution in [0.25, 0.3) is 10.9 Å². The van der Waals surface area contributed by atoms with Gasteiger partial charge >= 0.3 is 0 Å². The molecule has 0 spiro atoms. The molecule has 182 valence electrons. The number of Topliss-reactive ketones (excluding diaryl/α,β-unsaturated/α-hetero) is 1. The SMILES string of the molecule is CC(=O)Cc1ccc(Oc2ccc3[nH]c(C)cc3c2NS(=O)(=O)c2ccc(Cl)cc2Cl)c(C)c1C. The van der Waals surface area contributed by atoms with Gasteiger partial charge in [0.2, 0.25) is 0 Å². The first-order chi connectivity index (χ1) is 16.5. The lowest BCUT2D eigenvalue weighted by Crippen LogP contribution is -2.14. The van der Waals surface area contributed by atoms with Crippen LogP contribution in [0.1, 0.15) is 29.3 Å². The Morgan fingerprint density at radius 1 is 0.971 bits per heavy atom. The van der Waals surface area contributed by atoms with E-state index in [4.69, 9.17) is 27.9 Å². The van der Waals surface area contributed by atoms with Crippen LogP contribution in [0.15, 0.2) is 53.4 Å². The van der Waals surface area contributed by atoms with Gasteiger partial charge in [0.1, 0.15) is 22.1 Å². The van der Waals surface area contributed by atoms with E-state index in [0.717, 1.165) is 27.9 Å². The Balaban J connectivity index is 1.81. The Labute approximate surface area is 214 Å². The van der Waals surface area contributed by atoms with Crippen molar-refractivity contribution in [3.8, 4) is 11.5 Å². The van der Waals surface area contributed by atoms with E-state index < -0.39 is 10.0 Å². The highest BCUT2D eigenvalue weighted by Gasteiger charge is 2.23. The number of carbonyl (C=O) groups is 1. The highest BCUT2D eigenvalue weighted by molar-refractivity contribution is 7.92. The fourth-order valence-corrected chi connectivity index (χ4v) is 5.80. The monoisotopic (exact) mass is 530 g/mol. The first-order valence-electron chi connectivity index (χ1n) is 10.8. The zero-order valence-corrected chi connectivity index (χ0v) is 22.0. The molecule has 0 aliphatic heterocycles. The van der Waals surface area contributed by atoms with E-state index >= 15 is 0 Å². The number of ketones is 1. The third-order valence-electron chi connectivity index (χ3n) is 5.83. The maximum Gasteiger partial charge on any atom is 0.263 e. The van der Waals surface area contributed by atoms with Crippen molar-refractivity contribution in [1.29, 1.82) is 0 Å². The van der Waals surface area contributed by atoms with Crippen molar-refractivity contribution in [2.75, 3.05) is 4.72 Å². The van der Waals surface area contributed by atoms with Crippen LogP contribution >= 0.6 is 23.2 Å². The topological polar surface area (TPSA) is 88.3 Å². The van der Waals surface area contributed by atoms with Crippen molar-refractivity contribution in [2.45, 2.75) is 39.0 Å². The number of rotatable bonds is 7. The summed E-state index contributed by atoms with van der Waals surface area (Å²) in [6.45, 7) is 7.28. The standard InChI is InChI=1S/C26H24Cl2N2O4S/c1-14-11-20-22(29-14)7-9-24(34-23-8-5-18(12-15(2)31)16(3)17(23)4)26(20)30-35(32,33)25-10-6-19(27)13-21(25)28/h5-11,13,29-30H,12H2,1-4H3. The Kier molecular flexibility index (Phi) is 6.86. The molecule has 0 aliphatic carbocycles. The van der Waals surface area contributed by atoms with Crippen LogP contribution in [0.3, 0.4) is 0 Å². The molecule has 2 N–H and O–H groups in total. The Morgan fingerprint density at radius 2 is 1.69 bits per heavy atom.